The van der Waals surface area contributed by atoms with Crippen LogP contribution in [0.15, 0.2) is 0 Å². The second kappa shape index (κ2) is 5.85. The van der Waals surface area contributed by atoms with Crippen molar-refractivity contribution in [1.82, 2.24) is 4.90 Å². The number of carboxylic acids is 1. The summed E-state index contributed by atoms with van der Waals surface area (Å²) in [6, 6.07) is 0. The molecule has 0 aromatic rings. The first-order chi connectivity index (χ1) is 9.72. The van der Waals surface area contributed by atoms with Crippen LogP contribution in [0, 0.1) is 11.3 Å². The maximum absolute atomic E-state index is 12.3. The number of alkyl halides is 3. The van der Waals surface area contributed by atoms with E-state index in [2.05, 4.69) is 0 Å². The Morgan fingerprint density at radius 2 is 1.86 bits per heavy atom. The van der Waals surface area contributed by atoms with Gasteiger partial charge in [0, 0.05) is 19.5 Å². The van der Waals surface area contributed by atoms with E-state index in [0.717, 1.165) is 19.3 Å². The van der Waals surface area contributed by atoms with Crippen LogP contribution in [-0.4, -0.2) is 41.1 Å². The van der Waals surface area contributed by atoms with Gasteiger partial charge < -0.3 is 10.0 Å². The van der Waals surface area contributed by atoms with Crippen molar-refractivity contribution >= 4 is 11.9 Å². The molecule has 0 aliphatic heterocycles. The molecule has 0 saturated heterocycles. The molecule has 0 bridgehead atoms. The van der Waals surface area contributed by atoms with Crippen LogP contribution in [0.3, 0.4) is 0 Å². The first kappa shape index (κ1) is 16.1. The smallest absolute Gasteiger partial charge is 0.390 e. The van der Waals surface area contributed by atoms with E-state index in [1.807, 2.05) is 0 Å². The number of amides is 1. The minimum Gasteiger partial charge on any atom is -0.481 e. The molecular weight excluding hydrogens is 287 g/mol. The Hall–Kier alpha value is -1.27. The summed E-state index contributed by atoms with van der Waals surface area (Å²) in [4.78, 5) is 24.7. The molecule has 2 rings (SSSR count). The van der Waals surface area contributed by atoms with Crippen LogP contribution in [-0.2, 0) is 9.59 Å². The lowest BCUT2D eigenvalue weighted by atomic mass is 9.66. The van der Waals surface area contributed by atoms with Crippen molar-refractivity contribution in [3.05, 3.63) is 0 Å². The molecule has 2 saturated carbocycles. The third-order valence-corrected chi connectivity index (χ3v) is 4.45. The lowest BCUT2D eigenvalue weighted by Gasteiger charge is -2.38. The Kier molecular flexibility index (Phi) is 4.49. The van der Waals surface area contributed by atoms with E-state index in [4.69, 9.17) is 0 Å². The minimum absolute atomic E-state index is 0.174. The van der Waals surface area contributed by atoms with E-state index in [9.17, 15) is 27.9 Å². The van der Waals surface area contributed by atoms with E-state index < -0.39 is 29.9 Å². The molecule has 0 atom stereocenters. The van der Waals surface area contributed by atoms with Crippen molar-refractivity contribution in [3.8, 4) is 0 Å². The van der Waals surface area contributed by atoms with E-state index >= 15 is 0 Å². The predicted molar refractivity (Wildman–Crippen MR) is 68.5 cm³/mol. The molecule has 120 valence electrons. The molecule has 0 spiro atoms. The SMILES string of the molecule is O=C(CC1(C(=O)O)CCC1)N(CCC(F)(F)F)CC1CC1. The van der Waals surface area contributed by atoms with E-state index in [0.29, 0.717) is 19.4 Å². The average Bonchev–Trinajstić information content (AvgIpc) is 3.11. The van der Waals surface area contributed by atoms with Crippen molar-refractivity contribution < 1.29 is 27.9 Å². The number of hydrogen-bond donors (Lipinski definition) is 1. The molecule has 1 N–H and O–H groups in total. The zero-order valence-electron chi connectivity index (χ0n) is 11.8. The highest BCUT2D eigenvalue weighted by molar-refractivity contribution is 5.85. The van der Waals surface area contributed by atoms with Gasteiger partial charge in [0.1, 0.15) is 0 Å². The van der Waals surface area contributed by atoms with Crippen molar-refractivity contribution in [2.24, 2.45) is 11.3 Å². The standard InChI is InChI=1S/C14H20F3NO3/c15-14(16,17)6-7-18(9-10-2-3-10)11(19)8-13(12(20)21)4-1-5-13/h10H,1-9H2,(H,20,21). The summed E-state index contributed by atoms with van der Waals surface area (Å²) in [6.07, 6.45) is -2.03. The van der Waals surface area contributed by atoms with Crippen LogP contribution in [0.4, 0.5) is 13.2 Å². The molecule has 0 unspecified atom stereocenters. The van der Waals surface area contributed by atoms with Crippen LogP contribution in [0.1, 0.15) is 44.9 Å². The van der Waals surface area contributed by atoms with Gasteiger partial charge in [-0.2, -0.15) is 13.2 Å². The molecule has 2 fully saturated rings. The van der Waals surface area contributed by atoms with Gasteiger partial charge in [-0.1, -0.05) is 6.42 Å². The Balaban J connectivity index is 1.94. The van der Waals surface area contributed by atoms with Gasteiger partial charge in [-0.15, -0.1) is 0 Å². The number of carbonyl (C=O) groups excluding carboxylic acids is 1. The van der Waals surface area contributed by atoms with Gasteiger partial charge in [-0.25, -0.2) is 0 Å². The van der Waals surface area contributed by atoms with E-state index in [-0.39, 0.29) is 18.9 Å². The summed E-state index contributed by atoms with van der Waals surface area (Å²) >= 11 is 0. The average molecular weight is 307 g/mol. The maximum Gasteiger partial charge on any atom is 0.390 e. The van der Waals surface area contributed by atoms with Gasteiger partial charge in [0.05, 0.1) is 11.8 Å². The first-order valence-electron chi connectivity index (χ1n) is 7.30. The van der Waals surface area contributed by atoms with Crippen LogP contribution in [0.25, 0.3) is 0 Å². The van der Waals surface area contributed by atoms with Crippen LogP contribution in [0.5, 0.6) is 0 Å². The molecule has 0 aromatic carbocycles. The van der Waals surface area contributed by atoms with Crippen molar-refractivity contribution in [2.45, 2.75) is 51.1 Å². The minimum atomic E-state index is -4.30. The van der Waals surface area contributed by atoms with Crippen molar-refractivity contribution in [2.75, 3.05) is 13.1 Å². The van der Waals surface area contributed by atoms with Gasteiger partial charge in [0.2, 0.25) is 5.91 Å². The molecule has 2 aliphatic carbocycles. The maximum atomic E-state index is 12.3. The largest absolute Gasteiger partial charge is 0.481 e. The van der Waals surface area contributed by atoms with Crippen molar-refractivity contribution in [3.63, 3.8) is 0 Å². The topological polar surface area (TPSA) is 57.6 Å². The summed E-state index contributed by atoms with van der Waals surface area (Å²) in [5.74, 6) is -1.18. The van der Waals surface area contributed by atoms with E-state index in [1.54, 1.807) is 0 Å². The van der Waals surface area contributed by atoms with Gasteiger partial charge in [-0.05, 0) is 31.6 Å². The molecule has 4 nitrogen and oxygen atoms in total. The molecule has 2 aliphatic rings. The van der Waals surface area contributed by atoms with Crippen molar-refractivity contribution in [1.29, 1.82) is 0 Å². The zero-order chi connectivity index (χ0) is 15.7. The Bertz CT molecular complexity index is 414. The lowest BCUT2D eigenvalue weighted by molar-refractivity contribution is -0.161. The third kappa shape index (κ3) is 4.35. The normalized spacial score (nSPS) is 20.7. The van der Waals surface area contributed by atoms with Crippen LogP contribution < -0.4 is 0 Å². The zero-order valence-corrected chi connectivity index (χ0v) is 11.8. The highest BCUT2D eigenvalue weighted by Gasteiger charge is 2.47. The number of hydrogen-bond acceptors (Lipinski definition) is 2. The fraction of sp³-hybridized carbons (Fsp3) is 0.857. The summed E-state index contributed by atoms with van der Waals surface area (Å²) in [6.45, 7) is -0.0425. The third-order valence-electron chi connectivity index (χ3n) is 4.45. The number of rotatable bonds is 7. The Morgan fingerprint density at radius 1 is 1.24 bits per heavy atom. The Morgan fingerprint density at radius 3 is 2.24 bits per heavy atom. The molecule has 7 heteroatoms. The lowest BCUT2D eigenvalue weighted by Crippen LogP contribution is -2.45. The molecule has 1 amide bonds. The molecule has 0 heterocycles. The second-order valence-electron chi connectivity index (χ2n) is 6.26. The molecule has 0 aromatic heterocycles. The fourth-order valence-electron chi connectivity index (χ4n) is 2.66. The fourth-order valence-corrected chi connectivity index (χ4v) is 2.66. The number of nitrogens with zero attached hydrogens (tertiary/aromatic N) is 1. The van der Waals surface area contributed by atoms with Gasteiger partial charge in [0.15, 0.2) is 0 Å². The van der Waals surface area contributed by atoms with Gasteiger partial charge in [0.25, 0.3) is 0 Å². The molecular formula is C14H20F3NO3. The molecule has 21 heavy (non-hydrogen) atoms. The van der Waals surface area contributed by atoms with E-state index in [1.165, 1.54) is 4.90 Å². The first-order valence-corrected chi connectivity index (χ1v) is 7.30. The summed E-state index contributed by atoms with van der Waals surface area (Å²) in [5.41, 5.74) is -1.04. The van der Waals surface area contributed by atoms with Gasteiger partial charge in [-0.3, -0.25) is 9.59 Å². The van der Waals surface area contributed by atoms with Gasteiger partial charge >= 0.3 is 12.1 Å². The Labute approximate surface area is 121 Å². The highest BCUT2D eigenvalue weighted by atomic mass is 19.4. The number of halogens is 3. The number of carboxylic acid groups (broad SMARTS) is 1. The quantitative estimate of drug-likeness (QED) is 0.787. The predicted octanol–water partition coefficient (Wildman–Crippen LogP) is 2.82. The monoisotopic (exact) mass is 307 g/mol. The number of aliphatic carboxylic acids is 1. The summed E-state index contributed by atoms with van der Waals surface area (Å²) in [5, 5.41) is 9.22. The summed E-state index contributed by atoms with van der Waals surface area (Å²) < 4.78 is 37.0. The summed E-state index contributed by atoms with van der Waals surface area (Å²) in [7, 11) is 0. The van der Waals surface area contributed by atoms with Crippen LogP contribution >= 0.6 is 0 Å². The van der Waals surface area contributed by atoms with Crippen LogP contribution in [0.2, 0.25) is 0 Å². The highest BCUT2D eigenvalue weighted by Crippen LogP contribution is 2.44. The second-order valence-corrected chi connectivity index (χ2v) is 6.26. The molecule has 0 radical (unpaired) electrons. The number of carbonyl (C=O) groups is 2.